The Morgan fingerprint density at radius 2 is 1.97 bits per heavy atom. The normalized spacial score (nSPS) is 10.3. The highest BCUT2D eigenvalue weighted by atomic mass is 35.5. The summed E-state index contributed by atoms with van der Waals surface area (Å²) in [7, 11) is 0. The molecule has 0 spiro atoms. The second-order valence-corrected chi connectivity index (χ2v) is 5.46. The first-order valence-corrected chi connectivity index (χ1v) is 9.64. The molecule has 0 aliphatic heterocycles. The first-order chi connectivity index (χ1) is 14.0. The standard InChI is InChI=1S/C16H19N7.C3H5Cl.CH3Cl/c1-3-5-11(2)23(19)16(22-18)14-8-13(10-21-15(14)17)12-6-4-7-20-9-12;1-2-3-4;1-2/h3-10H,2,18-19H2,1H3,(H2,17,21);2H,1,3H2;1H3/b5-3-,22-16-;;. The van der Waals surface area contributed by atoms with Crippen molar-refractivity contribution in [1.82, 2.24) is 15.0 Å². The van der Waals surface area contributed by atoms with Gasteiger partial charge in [0.25, 0.3) is 0 Å². The highest BCUT2D eigenvalue weighted by molar-refractivity contribution is 6.18. The van der Waals surface area contributed by atoms with Gasteiger partial charge in [0, 0.05) is 42.0 Å². The lowest BCUT2D eigenvalue weighted by atomic mass is 10.1. The maximum absolute atomic E-state index is 6.02. The Balaban J connectivity index is 0.00000116. The molecule has 7 nitrogen and oxygen atoms in total. The van der Waals surface area contributed by atoms with Crippen LogP contribution < -0.4 is 17.4 Å². The van der Waals surface area contributed by atoms with E-state index in [1.54, 1.807) is 30.7 Å². The van der Waals surface area contributed by atoms with Crippen LogP contribution in [0, 0.1) is 0 Å². The Bertz CT molecular complexity index is 821. The fraction of sp³-hybridized carbons (Fsp3) is 0.150. The van der Waals surface area contributed by atoms with Gasteiger partial charge in [-0.05, 0) is 25.1 Å². The molecule has 2 aromatic heterocycles. The second-order valence-electron chi connectivity index (χ2n) is 5.16. The second kappa shape index (κ2) is 15.1. The number of alkyl halides is 2. The van der Waals surface area contributed by atoms with Crippen LogP contribution in [-0.2, 0) is 0 Å². The van der Waals surface area contributed by atoms with Crippen molar-refractivity contribution in [1.29, 1.82) is 0 Å². The number of hydrogen-bond acceptors (Lipinski definition) is 6. The molecule has 0 saturated heterocycles. The summed E-state index contributed by atoms with van der Waals surface area (Å²) in [6.45, 7) is 9.06. The van der Waals surface area contributed by atoms with Gasteiger partial charge in [0.05, 0.1) is 11.3 Å². The maximum Gasteiger partial charge on any atom is 0.177 e. The van der Waals surface area contributed by atoms with E-state index >= 15 is 0 Å². The van der Waals surface area contributed by atoms with Crippen molar-refractivity contribution in [2.75, 3.05) is 18.0 Å². The summed E-state index contributed by atoms with van der Waals surface area (Å²) in [5.41, 5.74) is 8.72. The van der Waals surface area contributed by atoms with Crippen molar-refractivity contribution in [2.24, 2.45) is 16.8 Å². The molecule has 0 unspecified atom stereocenters. The Morgan fingerprint density at radius 3 is 2.45 bits per heavy atom. The van der Waals surface area contributed by atoms with Crippen LogP contribution in [0.25, 0.3) is 11.1 Å². The first-order valence-electron chi connectivity index (χ1n) is 8.35. The number of hydrogen-bond donors (Lipinski definition) is 3. The number of halogens is 2. The summed E-state index contributed by atoms with van der Waals surface area (Å²) in [5, 5.41) is 5.01. The Hall–Kier alpha value is -2.87. The van der Waals surface area contributed by atoms with Crippen LogP contribution in [0.4, 0.5) is 5.82 Å². The summed E-state index contributed by atoms with van der Waals surface area (Å²) in [6.07, 6.45) is 11.7. The van der Waals surface area contributed by atoms with Gasteiger partial charge in [-0.1, -0.05) is 24.8 Å². The molecule has 2 rings (SSSR count). The van der Waals surface area contributed by atoms with Gasteiger partial charge in [-0.25, -0.2) is 10.8 Å². The SMILES string of the molecule is C=C(/C=C\C)N(N)/C(=N\N)c1cc(-c2cccnc2)cnc1N.C=CCCl.CCl. The summed E-state index contributed by atoms with van der Waals surface area (Å²) in [4.78, 5) is 8.29. The number of amidine groups is 1. The van der Waals surface area contributed by atoms with Crippen LogP contribution in [0.15, 0.2) is 79.0 Å². The molecular formula is C20H27Cl2N7. The van der Waals surface area contributed by atoms with E-state index in [4.69, 9.17) is 29.0 Å². The summed E-state index contributed by atoms with van der Waals surface area (Å²) in [6, 6.07) is 5.57. The zero-order valence-electron chi connectivity index (χ0n) is 16.6. The van der Waals surface area contributed by atoms with Gasteiger partial charge in [0.1, 0.15) is 5.82 Å². The number of nitrogens with zero attached hydrogens (tertiary/aromatic N) is 4. The molecule has 29 heavy (non-hydrogen) atoms. The third-order valence-electron chi connectivity index (χ3n) is 3.28. The lowest BCUT2D eigenvalue weighted by Crippen LogP contribution is -2.37. The van der Waals surface area contributed by atoms with E-state index < -0.39 is 0 Å². The van der Waals surface area contributed by atoms with Crippen LogP contribution in [0.3, 0.4) is 0 Å². The zero-order valence-corrected chi connectivity index (χ0v) is 18.1. The predicted octanol–water partition coefficient (Wildman–Crippen LogP) is 3.88. The number of rotatable bonds is 5. The number of nitrogens with two attached hydrogens (primary N) is 3. The molecule has 9 heteroatoms. The van der Waals surface area contributed by atoms with Gasteiger partial charge in [0.2, 0.25) is 0 Å². The first kappa shape index (κ1) is 26.1. The minimum absolute atomic E-state index is 0.267. The highest BCUT2D eigenvalue weighted by Crippen LogP contribution is 2.22. The topological polar surface area (TPSA) is 119 Å². The smallest absolute Gasteiger partial charge is 0.177 e. The van der Waals surface area contributed by atoms with Gasteiger partial charge >= 0.3 is 0 Å². The monoisotopic (exact) mass is 435 g/mol. The molecule has 2 aromatic rings. The Morgan fingerprint density at radius 1 is 1.31 bits per heavy atom. The Labute approximate surface area is 182 Å². The molecule has 2 heterocycles. The molecule has 0 radical (unpaired) electrons. The molecule has 0 saturated carbocycles. The number of hydrazone groups is 1. The van der Waals surface area contributed by atoms with Crippen molar-refractivity contribution >= 4 is 34.9 Å². The molecule has 0 aliphatic carbocycles. The van der Waals surface area contributed by atoms with Crippen molar-refractivity contribution in [2.45, 2.75) is 6.92 Å². The molecule has 0 bridgehead atoms. The minimum atomic E-state index is 0.267. The number of pyridine rings is 2. The van der Waals surface area contributed by atoms with Crippen LogP contribution in [0.1, 0.15) is 12.5 Å². The number of aromatic nitrogens is 2. The van der Waals surface area contributed by atoms with Gasteiger partial charge in [-0.15, -0.1) is 29.8 Å². The lowest BCUT2D eigenvalue weighted by molar-refractivity contribution is 0.563. The van der Waals surface area contributed by atoms with Gasteiger partial charge in [-0.2, -0.15) is 5.10 Å². The number of anilines is 1. The molecule has 0 aliphatic rings. The van der Waals surface area contributed by atoms with E-state index in [9.17, 15) is 0 Å². The van der Waals surface area contributed by atoms with Crippen molar-refractivity contribution in [3.63, 3.8) is 0 Å². The van der Waals surface area contributed by atoms with Gasteiger partial charge in [0.15, 0.2) is 5.84 Å². The third-order valence-corrected chi connectivity index (χ3v) is 3.50. The molecule has 6 N–H and O–H groups in total. The van der Waals surface area contributed by atoms with E-state index in [0.29, 0.717) is 17.1 Å². The van der Waals surface area contributed by atoms with E-state index in [1.165, 1.54) is 11.4 Å². The average Bonchev–Trinajstić information content (AvgIpc) is 2.77. The Kier molecular flexibility index (Phi) is 13.6. The zero-order chi connectivity index (χ0) is 22.2. The average molecular weight is 436 g/mol. The minimum Gasteiger partial charge on any atom is -0.383 e. The quantitative estimate of drug-likeness (QED) is 0.124. The number of nitrogen functional groups attached to an aromatic ring is 1. The van der Waals surface area contributed by atoms with Crippen molar-refractivity contribution in [3.8, 4) is 11.1 Å². The van der Waals surface area contributed by atoms with Crippen molar-refractivity contribution < 1.29 is 0 Å². The van der Waals surface area contributed by atoms with Gasteiger partial charge in [-0.3, -0.25) is 9.99 Å². The number of allylic oxidation sites excluding steroid dienone is 3. The van der Waals surface area contributed by atoms with Crippen LogP contribution >= 0.6 is 23.2 Å². The summed E-state index contributed by atoms with van der Waals surface area (Å²) < 4.78 is 0. The maximum atomic E-state index is 6.02. The number of hydrazine groups is 1. The lowest BCUT2D eigenvalue weighted by Gasteiger charge is -2.21. The predicted molar refractivity (Wildman–Crippen MR) is 125 cm³/mol. The molecule has 0 amide bonds. The molecule has 0 aromatic carbocycles. The fourth-order valence-corrected chi connectivity index (χ4v) is 2.02. The van der Waals surface area contributed by atoms with Crippen LogP contribution in [0.2, 0.25) is 0 Å². The molecular weight excluding hydrogens is 409 g/mol. The summed E-state index contributed by atoms with van der Waals surface area (Å²) in [5.74, 6) is 12.6. The molecule has 0 fully saturated rings. The van der Waals surface area contributed by atoms with E-state index in [2.05, 4.69) is 39.8 Å². The molecule has 0 atom stereocenters. The largest absolute Gasteiger partial charge is 0.383 e. The summed E-state index contributed by atoms with van der Waals surface area (Å²) >= 11 is 9.71. The van der Waals surface area contributed by atoms with E-state index in [1.807, 2.05) is 31.2 Å². The molecule has 156 valence electrons. The van der Waals surface area contributed by atoms with Gasteiger partial charge < -0.3 is 11.6 Å². The van der Waals surface area contributed by atoms with Crippen molar-refractivity contribution in [3.05, 3.63) is 79.4 Å². The highest BCUT2D eigenvalue weighted by Gasteiger charge is 2.17. The van der Waals surface area contributed by atoms with Crippen LogP contribution in [0.5, 0.6) is 0 Å². The van der Waals surface area contributed by atoms with E-state index in [-0.39, 0.29) is 11.7 Å². The van der Waals surface area contributed by atoms with E-state index in [0.717, 1.165) is 11.1 Å². The fourth-order valence-electron chi connectivity index (χ4n) is 2.02. The van der Waals surface area contributed by atoms with Crippen LogP contribution in [-0.4, -0.2) is 33.1 Å². The third kappa shape index (κ3) is 8.35.